The van der Waals surface area contributed by atoms with E-state index in [0.717, 1.165) is 22.0 Å². The Kier molecular flexibility index (Phi) is 10.7. The summed E-state index contributed by atoms with van der Waals surface area (Å²) in [6.07, 6.45) is 4.36. The van der Waals surface area contributed by atoms with Crippen LogP contribution in [0.1, 0.15) is 17.5 Å². The monoisotopic (exact) mass is 539 g/mol. The van der Waals surface area contributed by atoms with Crippen LogP contribution >= 0.6 is 11.8 Å². The molecule has 0 radical (unpaired) electrons. The van der Waals surface area contributed by atoms with Crippen LogP contribution in [0.25, 0.3) is 10.9 Å². The Morgan fingerprint density at radius 1 is 0.947 bits per heavy atom. The number of benzene rings is 2. The third-order valence-corrected chi connectivity index (χ3v) is 6.68. The number of carboxylic acid groups (broad SMARTS) is 1. The van der Waals surface area contributed by atoms with Gasteiger partial charge in [-0.15, -0.1) is 0 Å². The van der Waals surface area contributed by atoms with Crippen LogP contribution in [0.2, 0.25) is 0 Å². The van der Waals surface area contributed by atoms with Crippen LogP contribution in [0.3, 0.4) is 0 Å². The van der Waals surface area contributed by atoms with Crippen molar-refractivity contribution >= 4 is 46.4 Å². The van der Waals surface area contributed by atoms with Gasteiger partial charge in [0.25, 0.3) is 0 Å². The van der Waals surface area contributed by atoms with Crippen LogP contribution in [0, 0.1) is 0 Å². The van der Waals surface area contributed by atoms with E-state index in [9.17, 15) is 24.3 Å². The number of thioether (sulfide) groups is 1. The van der Waals surface area contributed by atoms with Crippen molar-refractivity contribution in [1.29, 1.82) is 0 Å². The molecule has 3 aromatic rings. The molecule has 3 atom stereocenters. The van der Waals surface area contributed by atoms with Crippen LogP contribution < -0.4 is 21.7 Å². The summed E-state index contributed by atoms with van der Waals surface area (Å²) in [7, 11) is 0. The van der Waals surface area contributed by atoms with E-state index >= 15 is 0 Å². The number of hydrogen-bond donors (Lipinski definition) is 6. The van der Waals surface area contributed by atoms with Crippen molar-refractivity contribution in [3.05, 3.63) is 71.9 Å². The van der Waals surface area contributed by atoms with Crippen molar-refractivity contribution < 1.29 is 24.3 Å². The third-order valence-electron chi connectivity index (χ3n) is 6.04. The summed E-state index contributed by atoms with van der Waals surface area (Å²) in [6.45, 7) is -0.448. The quantitative estimate of drug-likeness (QED) is 0.179. The lowest BCUT2D eigenvalue weighted by Crippen LogP contribution is -2.54. The highest BCUT2D eigenvalue weighted by Gasteiger charge is 2.26. The van der Waals surface area contributed by atoms with Crippen molar-refractivity contribution in [2.75, 3.05) is 18.6 Å². The van der Waals surface area contributed by atoms with E-state index in [2.05, 4.69) is 20.9 Å². The Labute approximate surface area is 225 Å². The highest BCUT2D eigenvalue weighted by atomic mass is 32.2. The second-order valence-electron chi connectivity index (χ2n) is 8.88. The largest absolute Gasteiger partial charge is 0.480 e. The number of aromatic amines is 1. The minimum atomic E-state index is -1.19. The Bertz CT molecular complexity index is 1250. The lowest BCUT2D eigenvalue weighted by Gasteiger charge is -2.21. The summed E-state index contributed by atoms with van der Waals surface area (Å²) in [5, 5.41) is 18.2. The maximum atomic E-state index is 13.0. The molecule has 0 bridgehead atoms. The maximum Gasteiger partial charge on any atom is 0.326 e. The van der Waals surface area contributed by atoms with Crippen LogP contribution in [0.5, 0.6) is 0 Å². The number of fused-ring (bicyclic) bond motifs is 1. The van der Waals surface area contributed by atoms with Gasteiger partial charge in [0.15, 0.2) is 0 Å². The third kappa shape index (κ3) is 8.35. The number of aromatic nitrogens is 1. The smallest absolute Gasteiger partial charge is 0.326 e. The summed E-state index contributed by atoms with van der Waals surface area (Å²) in [5.41, 5.74) is 8.40. The van der Waals surface area contributed by atoms with Gasteiger partial charge in [0, 0.05) is 29.9 Å². The zero-order valence-corrected chi connectivity index (χ0v) is 21.9. The average Bonchev–Trinajstić information content (AvgIpc) is 3.32. The molecule has 2 aromatic carbocycles. The van der Waals surface area contributed by atoms with Crippen LogP contribution in [-0.4, -0.2) is 70.5 Å². The van der Waals surface area contributed by atoms with E-state index in [1.807, 2.05) is 60.9 Å². The SMILES string of the molecule is CSCCC(N)C(=O)NC(Cc1ccccc1)C(=O)NCC(=O)NC(Cc1c[nH]c2ccccc12)C(=O)O. The van der Waals surface area contributed by atoms with E-state index in [0.29, 0.717) is 12.2 Å². The number of nitrogens with two attached hydrogens (primary N) is 1. The summed E-state index contributed by atoms with van der Waals surface area (Å²) < 4.78 is 0. The van der Waals surface area contributed by atoms with Crippen LogP contribution in [-0.2, 0) is 32.0 Å². The molecule has 0 aliphatic heterocycles. The zero-order valence-electron chi connectivity index (χ0n) is 21.1. The topological polar surface area (TPSA) is 166 Å². The summed E-state index contributed by atoms with van der Waals surface area (Å²) in [5.74, 6) is -2.18. The number of H-pyrrole nitrogens is 1. The van der Waals surface area contributed by atoms with Crippen LogP contribution in [0.15, 0.2) is 60.8 Å². The normalized spacial score (nSPS) is 13.3. The zero-order chi connectivity index (χ0) is 27.5. The molecule has 0 saturated carbocycles. The van der Waals surface area contributed by atoms with E-state index in [1.54, 1.807) is 18.0 Å². The molecule has 11 heteroatoms. The first-order valence-corrected chi connectivity index (χ1v) is 13.6. The van der Waals surface area contributed by atoms with Gasteiger partial charge in [-0.05, 0) is 35.6 Å². The van der Waals surface area contributed by atoms with E-state index in [-0.39, 0.29) is 12.8 Å². The van der Waals surface area contributed by atoms with Crippen molar-refractivity contribution in [3.63, 3.8) is 0 Å². The number of hydrogen-bond acceptors (Lipinski definition) is 6. The standard InChI is InChI=1S/C27H33N5O5S/c1-38-12-11-20(28)25(34)32-22(13-17-7-3-2-4-8-17)26(35)30-16-24(33)31-23(27(36)37)14-18-15-29-21-10-6-5-9-19(18)21/h2-10,15,20,22-23,29H,11-14,16,28H2,1H3,(H,30,35)(H,31,33)(H,32,34)(H,36,37). The number of carbonyl (C=O) groups is 4. The van der Waals surface area contributed by atoms with Gasteiger partial charge in [0.1, 0.15) is 12.1 Å². The second-order valence-corrected chi connectivity index (χ2v) is 9.86. The Morgan fingerprint density at radius 3 is 2.37 bits per heavy atom. The Morgan fingerprint density at radius 2 is 1.66 bits per heavy atom. The first-order chi connectivity index (χ1) is 18.3. The summed E-state index contributed by atoms with van der Waals surface area (Å²) >= 11 is 1.57. The Hall–Kier alpha value is -3.83. The van der Waals surface area contributed by atoms with Crippen molar-refractivity contribution in [1.82, 2.24) is 20.9 Å². The molecule has 1 heterocycles. The lowest BCUT2D eigenvalue weighted by molar-refractivity contribution is -0.141. The van der Waals surface area contributed by atoms with Crippen LogP contribution in [0.4, 0.5) is 0 Å². The van der Waals surface area contributed by atoms with Gasteiger partial charge in [-0.2, -0.15) is 11.8 Å². The number of carboxylic acids is 1. The molecule has 0 aliphatic rings. The van der Waals surface area contributed by atoms with Gasteiger partial charge >= 0.3 is 5.97 Å². The molecule has 0 spiro atoms. The molecular weight excluding hydrogens is 506 g/mol. The number of amides is 3. The molecule has 3 unspecified atom stereocenters. The molecule has 7 N–H and O–H groups in total. The van der Waals surface area contributed by atoms with Gasteiger partial charge in [-0.1, -0.05) is 48.5 Å². The van der Waals surface area contributed by atoms with Gasteiger partial charge in [-0.25, -0.2) is 4.79 Å². The van der Waals surface area contributed by atoms with E-state index < -0.39 is 48.4 Å². The van der Waals surface area contributed by atoms with Crippen molar-refractivity contribution in [2.45, 2.75) is 37.4 Å². The molecule has 0 fully saturated rings. The molecule has 0 saturated heterocycles. The van der Waals surface area contributed by atoms with Gasteiger partial charge in [0.05, 0.1) is 12.6 Å². The fourth-order valence-corrected chi connectivity index (χ4v) is 4.46. The van der Waals surface area contributed by atoms with Gasteiger partial charge in [0.2, 0.25) is 17.7 Å². The van der Waals surface area contributed by atoms with Gasteiger partial charge in [-0.3, -0.25) is 14.4 Å². The predicted molar refractivity (Wildman–Crippen MR) is 148 cm³/mol. The minimum absolute atomic E-state index is 0.0691. The Balaban J connectivity index is 1.61. The van der Waals surface area contributed by atoms with E-state index in [4.69, 9.17) is 5.73 Å². The highest BCUT2D eigenvalue weighted by molar-refractivity contribution is 7.98. The number of nitrogens with one attached hydrogen (secondary N) is 4. The molecule has 3 amide bonds. The fourth-order valence-electron chi connectivity index (χ4n) is 3.97. The number of carbonyl (C=O) groups excluding carboxylic acids is 3. The molecule has 0 aliphatic carbocycles. The highest BCUT2D eigenvalue weighted by Crippen LogP contribution is 2.19. The lowest BCUT2D eigenvalue weighted by atomic mass is 10.0. The minimum Gasteiger partial charge on any atom is -0.480 e. The average molecular weight is 540 g/mol. The summed E-state index contributed by atoms with van der Waals surface area (Å²) in [6, 6.07) is 13.7. The first kappa shape index (κ1) is 28.7. The molecule has 10 nitrogen and oxygen atoms in total. The van der Waals surface area contributed by atoms with Crippen molar-refractivity contribution in [3.8, 4) is 0 Å². The van der Waals surface area contributed by atoms with Gasteiger partial charge < -0.3 is 31.8 Å². The molecule has 1 aromatic heterocycles. The predicted octanol–water partition coefficient (Wildman–Crippen LogP) is 1.20. The fraction of sp³-hybridized carbons (Fsp3) is 0.333. The molecule has 202 valence electrons. The maximum absolute atomic E-state index is 13.0. The number of aliphatic carboxylic acids is 1. The molecular formula is C27H33N5O5S. The van der Waals surface area contributed by atoms with Crippen molar-refractivity contribution in [2.24, 2.45) is 5.73 Å². The molecule has 3 rings (SSSR count). The number of para-hydroxylation sites is 1. The van der Waals surface area contributed by atoms with E-state index in [1.165, 1.54) is 0 Å². The second kappa shape index (κ2) is 14.2. The summed E-state index contributed by atoms with van der Waals surface area (Å²) in [4.78, 5) is 53.1. The number of rotatable bonds is 14. The first-order valence-electron chi connectivity index (χ1n) is 12.2. The molecule has 38 heavy (non-hydrogen) atoms.